The predicted molar refractivity (Wildman–Crippen MR) is 76.6 cm³/mol. The maximum absolute atomic E-state index is 12.5. The van der Waals surface area contributed by atoms with E-state index in [9.17, 15) is 9.59 Å². The molecule has 0 N–H and O–H groups in total. The third-order valence-corrected chi connectivity index (χ3v) is 5.87. The molecule has 0 bridgehead atoms. The quantitative estimate of drug-likeness (QED) is 0.726. The van der Waals surface area contributed by atoms with E-state index in [0.29, 0.717) is 0 Å². The van der Waals surface area contributed by atoms with E-state index < -0.39 is 0 Å². The lowest BCUT2D eigenvalue weighted by Gasteiger charge is -2.44. The summed E-state index contributed by atoms with van der Waals surface area (Å²) in [5.41, 5.74) is -0.175. The highest BCUT2D eigenvalue weighted by Gasteiger charge is 2.64. The molecule has 1 spiro atoms. The van der Waals surface area contributed by atoms with Crippen molar-refractivity contribution in [2.75, 3.05) is 20.8 Å². The van der Waals surface area contributed by atoms with Crippen LogP contribution in [0.2, 0.25) is 0 Å². The minimum Gasteiger partial charge on any atom is -0.469 e. The number of carbonyl (C=O) groups excluding carboxylic acids is 2. The Morgan fingerprint density at radius 2 is 1.67 bits per heavy atom. The van der Waals surface area contributed by atoms with Crippen molar-refractivity contribution in [2.24, 2.45) is 11.8 Å². The standard InChI is InChI=1S/C16H25NO4/c1-20-14(18)12-11-7-6-10-17(11)16(8-4-3-5-9-16)13(12)15(19)21-2/h11-13H,3-10H2,1-2H3/t11-,12-,13+/m1/s1. The van der Waals surface area contributed by atoms with Gasteiger partial charge in [0.15, 0.2) is 0 Å². The van der Waals surface area contributed by atoms with Crippen molar-refractivity contribution >= 4 is 11.9 Å². The van der Waals surface area contributed by atoms with E-state index in [4.69, 9.17) is 9.47 Å². The molecule has 2 aliphatic heterocycles. The van der Waals surface area contributed by atoms with E-state index in [0.717, 1.165) is 45.1 Å². The molecular weight excluding hydrogens is 270 g/mol. The van der Waals surface area contributed by atoms with E-state index in [1.54, 1.807) is 0 Å². The van der Waals surface area contributed by atoms with E-state index in [1.807, 2.05) is 0 Å². The molecule has 3 rings (SSSR count). The number of rotatable bonds is 2. The molecule has 1 saturated carbocycles. The lowest BCUT2D eigenvalue weighted by molar-refractivity contribution is -0.159. The minimum atomic E-state index is -0.361. The van der Waals surface area contributed by atoms with Crippen LogP contribution in [0, 0.1) is 11.8 Å². The number of nitrogens with zero attached hydrogens (tertiary/aromatic N) is 1. The second kappa shape index (κ2) is 5.59. The summed E-state index contributed by atoms with van der Waals surface area (Å²) in [5, 5.41) is 0. The van der Waals surface area contributed by atoms with Crippen molar-refractivity contribution < 1.29 is 19.1 Å². The maximum atomic E-state index is 12.5. The summed E-state index contributed by atoms with van der Waals surface area (Å²) in [7, 11) is 2.85. The van der Waals surface area contributed by atoms with Gasteiger partial charge in [0, 0.05) is 11.6 Å². The average molecular weight is 295 g/mol. The van der Waals surface area contributed by atoms with Gasteiger partial charge in [0.25, 0.3) is 0 Å². The molecule has 21 heavy (non-hydrogen) atoms. The molecule has 118 valence electrons. The highest BCUT2D eigenvalue weighted by molar-refractivity contribution is 5.85. The maximum Gasteiger partial charge on any atom is 0.311 e. The fourth-order valence-corrected chi connectivity index (χ4v) is 5.14. The fourth-order valence-electron chi connectivity index (χ4n) is 5.14. The number of ether oxygens (including phenoxy) is 2. The van der Waals surface area contributed by atoms with Crippen molar-refractivity contribution in [3.8, 4) is 0 Å². The van der Waals surface area contributed by atoms with Gasteiger partial charge in [-0.05, 0) is 32.2 Å². The second-order valence-corrected chi connectivity index (χ2v) is 6.62. The Bertz CT molecular complexity index is 430. The summed E-state index contributed by atoms with van der Waals surface area (Å²) in [5.74, 6) is -1.20. The minimum absolute atomic E-state index is 0.152. The molecule has 0 aromatic rings. The summed E-state index contributed by atoms with van der Waals surface area (Å²) in [6, 6.07) is 0.152. The van der Waals surface area contributed by atoms with Gasteiger partial charge in [-0.2, -0.15) is 0 Å². The SMILES string of the molecule is COC(=O)[C@@H]1[C@H]2CCCN2C2(CCCCC2)[C@@H]1C(=O)OC. The van der Waals surface area contributed by atoms with Gasteiger partial charge < -0.3 is 9.47 Å². The molecule has 3 atom stereocenters. The third kappa shape index (κ3) is 2.08. The molecule has 0 aromatic heterocycles. The van der Waals surface area contributed by atoms with Crippen molar-refractivity contribution in [1.82, 2.24) is 4.90 Å². The van der Waals surface area contributed by atoms with E-state index in [-0.39, 0.29) is 35.4 Å². The van der Waals surface area contributed by atoms with Gasteiger partial charge in [-0.25, -0.2) is 0 Å². The Hall–Kier alpha value is -1.10. The van der Waals surface area contributed by atoms with Crippen LogP contribution in [0.4, 0.5) is 0 Å². The summed E-state index contributed by atoms with van der Waals surface area (Å²) in [6.45, 7) is 0.992. The summed E-state index contributed by atoms with van der Waals surface area (Å²) in [6.07, 6.45) is 7.56. The highest BCUT2D eigenvalue weighted by Crippen LogP contribution is 2.54. The smallest absolute Gasteiger partial charge is 0.311 e. The van der Waals surface area contributed by atoms with Gasteiger partial charge in [0.05, 0.1) is 26.1 Å². The molecular formula is C16H25NO4. The predicted octanol–water partition coefficient (Wildman–Crippen LogP) is 1.75. The Morgan fingerprint density at radius 3 is 2.29 bits per heavy atom. The van der Waals surface area contributed by atoms with Crippen LogP contribution in [-0.2, 0) is 19.1 Å². The first-order valence-corrected chi connectivity index (χ1v) is 8.08. The van der Waals surface area contributed by atoms with Crippen LogP contribution >= 0.6 is 0 Å². The molecule has 5 heteroatoms. The fraction of sp³-hybridized carbons (Fsp3) is 0.875. The molecule has 2 heterocycles. The summed E-state index contributed by atoms with van der Waals surface area (Å²) >= 11 is 0. The van der Waals surface area contributed by atoms with Crippen LogP contribution < -0.4 is 0 Å². The lowest BCUT2D eigenvalue weighted by Crippen LogP contribution is -2.52. The highest BCUT2D eigenvalue weighted by atomic mass is 16.5. The first kappa shape index (κ1) is 14.8. The average Bonchev–Trinajstić information content (AvgIpc) is 3.09. The number of fused-ring (bicyclic) bond motifs is 2. The van der Waals surface area contributed by atoms with Crippen molar-refractivity contribution in [3.05, 3.63) is 0 Å². The Labute approximate surface area is 126 Å². The molecule has 0 radical (unpaired) electrons. The number of carbonyl (C=O) groups is 2. The number of methoxy groups -OCH3 is 2. The van der Waals surface area contributed by atoms with Crippen LogP contribution in [0.1, 0.15) is 44.9 Å². The molecule has 0 unspecified atom stereocenters. The Kier molecular flexibility index (Phi) is 3.95. The van der Waals surface area contributed by atoms with Crippen LogP contribution in [0.15, 0.2) is 0 Å². The molecule has 5 nitrogen and oxygen atoms in total. The summed E-state index contributed by atoms with van der Waals surface area (Å²) in [4.78, 5) is 27.3. The first-order valence-electron chi connectivity index (χ1n) is 8.08. The van der Waals surface area contributed by atoms with Crippen molar-refractivity contribution in [2.45, 2.75) is 56.5 Å². The zero-order chi connectivity index (χ0) is 15.0. The van der Waals surface area contributed by atoms with E-state index >= 15 is 0 Å². The second-order valence-electron chi connectivity index (χ2n) is 6.62. The lowest BCUT2D eigenvalue weighted by atomic mass is 9.70. The third-order valence-electron chi connectivity index (χ3n) is 5.87. The van der Waals surface area contributed by atoms with Crippen LogP contribution in [0.3, 0.4) is 0 Å². The topological polar surface area (TPSA) is 55.8 Å². The largest absolute Gasteiger partial charge is 0.469 e. The van der Waals surface area contributed by atoms with Gasteiger partial charge in [-0.1, -0.05) is 19.3 Å². The van der Waals surface area contributed by atoms with Crippen molar-refractivity contribution in [3.63, 3.8) is 0 Å². The van der Waals surface area contributed by atoms with Gasteiger partial charge in [-0.15, -0.1) is 0 Å². The number of esters is 2. The monoisotopic (exact) mass is 295 g/mol. The van der Waals surface area contributed by atoms with Crippen LogP contribution in [-0.4, -0.2) is 49.2 Å². The zero-order valence-corrected chi connectivity index (χ0v) is 13.0. The van der Waals surface area contributed by atoms with Gasteiger partial charge in [-0.3, -0.25) is 14.5 Å². The molecule has 3 fully saturated rings. The zero-order valence-electron chi connectivity index (χ0n) is 13.0. The molecule has 1 aliphatic carbocycles. The Morgan fingerprint density at radius 1 is 1.00 bits per heavy atom. The number of hydrogen-bond donors (Lipinski definition) is 0. The molecule has 0 aromatic carbocycles. The van der Waals surface area contributed by atoms with Crippen LogP contribution in [0.25, 0.3) is 0 Å². The van der Waals surface area contributed by atoms with Crippen molar-refractivity contribution in [1.29, 1.82) is 0 Å². The molecule has 3 aliphatic rings. The normalized spacial score (nSPS) is 34.7. The Balaban J connectivity index is 2.03. The van der Waals surface area contributed by atoms with E-state index in [2.05, 4.69) is 4.90 Å². The first-order chi connectivity index (χ1) is 10.2. The molecule has 0 amide bonds. The van der Waals surface area contributed by atoms with Crippen LogP contribution in [0.5, 0.6) is 0 Å². The number of hydrogen-bond acceptors (Lipinski definition) is 5. The van der Waals surface area contributed by atoms with Gasteiger partial charge in [0.2, 0.25) is 0 Å². The summed E-state index contributed by atoms with van der Waals surface area (Å²) < 4.78 is 10.1. The van der Waals surface area contributed by atoms with E-state index in [1.165, 1.54) is 20.6 Å². The van der Waals surface area contributed by atoms with Gasteiger partial charge >= 0.3 is 11.9 Å². The molecule has 2 saturated heterocycles. The van der Waals surface area contributed by atoms with Gasteiger partial charge in [0.1, 0.15) is 0 Å².